The van der Waals surface area contributed by atoms with Crippen molar-refractivity contribution >= 4 is 5.97 Å². The number of carbonyl (C=O) groups is 1. The Morgan fingerprint density at radius 3 is 2.56 bits per heavy atom. The van der Waals surface area contributed by atoms with Gasteiger partial charge in [0.2, 0.25) is 0 Å². The second kappa shape index (κ2) is 8.42. The lowest BCUT2D eigenvalue weighted by atomic mass is 10.0. The molecule has 5 heteroatoms. The molecule has 0 saturated heterocycles. The van der Waals surface area contributed by atoms with Crippen LogP contribution in [0.25, 0.3) is 11.1 Å². The topological polar surface area (TPSA) is 44.8 Å². The van der Waals surface area contributed by atoms with Crippen molar-refractivity contribution in [3.05, 3.63) is 48.3 Å². The highest BCUT2D eigenvalue weighted by Crippen LogP contribution is 2.39. The van der Waals surface area contributed by atoms with Crippen LogP contribution in [-0.4, -0.2) is 25.8 Å². The van der Waals surface area contributed by atoms with Crippen LogP contribution in [0.15, 0.2) is 42.5 Å². The molecule has 0 amide bonds. The van der Waals surface area contributed by atoms with E-state index in [1.807, 2.05) is 38.1 Å². The summed E-state index contributed by atoms with van der Waals surface area (Å²) in [6.07, 6.45) is 1.77. The number of hydrogen-bond acceptors (Lipinski definition) is 4. The third-order valence-corrected chi connectivity index (χ3v) is 4.91. The minimum Gasteiger partial charge on any atom is -0.493 e. The number of ether oxygens (including phenoxy) is 3. The summed E-state index contributed by atoms with van der Waals surface area (Å²) in [7, 11) is 1.40. The van der Waals surface area contributed by atoms with Crippen LogP contribution in [0.2, 0.25) is 0 Å². The smallest absolute Gasteiger partial charge is 0.309 e. The highest BCUT2D eigenvalue weighted by atomic mass is 19.1. The molecule has 0 aromatic heterocycles. The van der Waals surface area contributed by atoms with Crippen molar-refractivity contribution in [2.45, 2.75) is 32.8 Å². The van der Waals surface area contributed by atoms with Crippen LogP contribution in [0.1, 0.15) is 26.7 Å². The van der Waals surface area contributed by atoms with Crippen molar-refractivity contribution < 1.29 is 23.4 Å². The van der Waals surface area contributed by atoms with Gasteiger partial charge in [0.05, 0.1) is 25.7 Å². The maximum atomic E-state index is 14.3. The zero-order valence-electron chi connectivity index (χ0n) is 15.9. The van der Waals surface area contributed by atoms with E-state index in [9.17, 15) is 9.18 Å². The van der Waals surface area contributed by atoms with Crippen LogP contribution in [-0.2, 0) is 9.53 Å². The van der Waals surface area contributed by atoms with Gasteiger partial charge >= 0.3 is 5.97 Å². The molecule has 0 aliphatic heterocycles. The van der Waals surface area contributed by atoms with Gasteiger partial charge in [-0.1, -0.05) is 19.1 Å². The first kappa shape index (κ1) is 19.2. The highest BCUT2D eigenvalue weighted by Gasteiger charge is 2.44. The number of methoxy groups -OCH3 is 1. The molecule has 4 nitrogen and oxygen atoms in total. The molecule has 0 N–H and O–H groups in total. The van der Waals surface area contributed by atoms with E-state index < -0.39 is 0 Å². The Bertz CT molecular complexity index is 787. The van der Waals surface area contributed by atoms with Crippen molar-refractivity contribution in [3.63, 3.8) is 0 Å². The van der Waals surface area contributed by atoms with Crippen molar-refractivity contribution in [1.29, 1.82) is 0 Å². The number of esters is 1. The third-order valence-electron chi connectivity index (χ3n) is 4.91. The lowest BCUT2D eigenvalue weighted by Gasteiger charge is -2.14. The predicted molar refractivity (Wildman–Crippen MR) is 101 cm³/mol. The van der Waals surface area contributed by atoms with Gasteiger partial charge in [0.15, 0.2) is 0 Å². The van der Waals surface area contributed by atoms with Crippen LogP contribution in [0.4, 0.5) is 4.39 Å². The molecule has 3 rings (SSSR count). The summed E-state index contributed by atoms with van der Waals surface area (Å²) < 4.78 is 30.5. The molecule has 0 unspecified atom stereocenters. The zero-order chi connectivity index (χ0) is 19.4. The molecule has 1 aliphatic carbocycles. The average molecular weight is 372 g/mol. The molecule has 0 heterocycles. The number of halogens is 1. The van der Waals surface area contributed by atoms with Crippen LogP contribution in [0.5, 0.6) is 11.5 Å². The van der Waals surface area contributed by atoms with Gasteiger partial charge in [-0.05, 0) is 55.7 Å². The number of carbonyl (C=O) groups excluding carboxylic acids is 1. The van der Waals surface area contributed by atoms with E-state index in [0.717, 1.165) is 18.4 Å². The largest absolute Gasteiger partial charge is 0.493 e. The Labute approximate surface area is 159 Å². The average Bonchev–Trinajstić information content (AvgIpc) is 3.47. The molecule has 0 spiro atoms. The number of rotatable bonds is 8. The lowest BCUT2D eigenvalue weighted by molar-refractivity contribution is -0.142. The second-order valence-corrected chi connectivity index (χ2v) is 6.94. The normalized spacial score (nSPS) is 19.3. The third kappa shape index (κ3) is 4.79. The minimum atomic E-state index is -0.293. The summed E-state index contributed by atoms with van der Waals surface area (Å²) in [5.41, 5.74) is 1.25. The molecule has 1 aliphatic rings. The van der Waals surface area contributed by atoms with Gasteiger partial charge in [-0.2, -0.15) is 0 Å². The first-order valence-corrected chi connectivity index (χ1v) is 9.29. The lowest BCUT2D eigenvalue weighted by Crippen LogP contribution is -2.09. The van der Waals surface area contributed by atoms with Crippen LogP contribution in [0, 0.1) is 17.7 Å². The molecule has 2 aromatic carbocycles. The van der Waals surface area contributed by atoms with E-state index in [2.05, 4.69) is 0 Å². The quantitative estimate of drug-likeness (QED) is 0.621. The first-order chi connectivity index (χ1) is 13.0. The molecular formula is C22H25FO4. The second-order valence-electron chi connectivity index (χ2n) is 6.94. The summed E-state index contributed by atoms with van der Waals surface area (Å²) >= 11 is 0. The molecule has 144 valence electrons. The van der Waals surface area contributed by atoms with Crippen molar-refractivity contribution in [1.82, 2.24) is 0 Å². The van der Waals surface area contributed by atoms with Gasteiger partial charge in [-0.25, -0.2) is 4.39 Å². The summed E-state index contributed by atoms with van der Waals surface area (Å²) in [6.45, 7) is 4.51. The van der Waals surface area contributed by atoms with Crippen molar-refractivity contribution in [2.24, 2.45) is 11.8 Å². The van der Waals surface area contributed by atoms with Gasteiger partial charge in [0, 0.05) is 11.5 Å². The van der Waals surface area contributed by atoms with Crippen molar-refractivity contribution in [3.8, 4) is 22.6 Å². The predicted octanol–water partition coefficient (Wildman–Crippen LogP) is 4.86. The van der Waals surface area contributed by atoms with Crippen molar-refractivity contribution in [2.75, 3.05) is 13.7 Å². The molecule has 3 atom stereocenters. The van der Waals surface area contributed by atoms with Gasteiger partial charge < -0.3 is 14.2 Å². The first-order valence-electron chi connectivity index (χ1n) is 9.29. The summed E-state index contributed by atoms with van der Waals surface area (Å²) in [5, 5.41) is 0. The summed E-state index contributed by atoms with van der Waals surface area (Å²) in [6, 6.07) is 12.1. The standard InChI is InChI=1S/C22H25FO4/c1-4-14(2)27-18-9-10-21(23)19(12-18)15-5-7-17(8-6-15)26-13-16-11-20(16)22(24)25-3/h5-10,12,14,16,20H,4,11,13H2,1-3H3/t14-,16+,20-/m1/s1. The van der Waals surface area contributed by atoms with Gasteiger partial charge in [0.25, 0.3) is 0 Å². The van der Waals surface area contributed by atoms with E-state index >= 15 is 0 Å². The fraction of sp³-hybridized carbons (Fsp3) is 0.409. The molecule has 27 heavy (non-hydrogen) atoms. The van der Waals surface area contributed by atoms with Crippen LogP contribution < -0.4 is 9.47 Å². The van der Waals surface area contributed by atoms with Gasteiger partial charge in [-0.15, -0.1) is 0 Å². The van der Waals surface area contributed by atoms with E-state index in [0.29, 0.717) is 23.7 Å². The van der Waals surface area contributed by atoms with E-state index in [4.69, 9.17) is 14.2 Å². The molecule has 1 saturated carbocycles. The number of hydrogen-bond donors (Lipinski definition) is 0. The highest BCUT2D eigenvalue weighted by molar-refractivity contribution is 5.75. The fourth-order valence-corrected chi connectivity index (χ4v) is 2.92. The molecule has 0 bridgehead atoms. The van der Waals surface area contributed by atoms with Crippen LogP contribution >= 0.6 is 0 Å². The van der Waals surface area contributed by atoms with Gasteiger partial charge in [-0.3, -0.25) is 4.79 Å². The van der Waals surface area contributed by atoms with E-state index in [1.54, 1.807) is 12.1 Å². The molecule has 1 fully saturated rings. The van der Waals surface area contributed by atoms with E-state index in [1.165, 1.54) is 13.2 Å². The minimum absolute atomic E-state index is 0.0448. The monoisotopic (exact) mass is 372 g/mol. The SMILES string of the molecule is CC[C@@H](C)Oc1ccc(F)c(-c2ccc(OC[C@@H]3C[C@H]3C(=O)OC)cc2)c1. The van der Waals surface area contributed by atoms with Gasteiger partial charge in [0.1, 0.15) is 17.3 Å². The Hall–Kier alpha value is -2.56. The number of benzene rings is 2. The Morgan fingerprint density at radius 2 is 1.89 bits per heavy atom. The summed E-state index contributed by atoms with van der Waals surface area (Å²) in [4.78, 5) is 11.4. The fourth-order valence-electron chi connectivity index (χ4n) is 2.92. The molecular weight excluding hydrogens is 347 g/mol. The maximum Gasteiger partial charge on any atom is 0.309 e. The Balaban J connectivity index is 1.63. The van der Waals surface area contributed by atoms with E-state index in [-0.39, 0.29) is 29.7 Å². The summed E-state index contributed by atoms with van der Waals surface area (Å²) in [5.74, 6) is 1.05. The molecule has 2 aromatic rings. The zero-order valence-corrected chi connectivity index (χ0v) is 15.9. The maximum absolute atomic E-state index is 14.3. The Kier molecular flexibility index (Phi) is 5.99. The molecule has 0 radical (unpaired) electrons. The Morgan fingerprint density at radius 1 is 1.19 bits per heavy atom. The van der Waals surface area contributed by atoms with Crippen LogP contribution in [0.3, 0.4) is 0 Å².